The van der Waals surface area contributed by atoms with Gasteiger partial charge in [0.1, 0.15) is 6.04 Å². The molecule has 2 atom stereocenters. The molecule has 1 saturated carbocycles. The maximum absolute atomic E-state index is 13.0. The third kappa shape index (κ3) is 3.22. The van der Waals surface area contributed by atoms with E-state index in [9.17, 15) is 19.2 Å². The summed E-state index contributed by atoms with van der Waals surface area (Å²) in [5, 5.41) is 5.50. The Morgan fingerprint density at radius 3 is 2.61 bits per heavy atom. The maximum Gasteiger partial charge on any atom is 0.262 e. The molecule has 1 aromatic carbocycles. The van der Waals surface area contributed by atoms with E-state index in [1.807, 2.05) is 0 Å². The van der Waals surface area contributed by atoms with Crippen LogP contribution in [0.25, 0.3) is 0 Å². The second kappa shape index (κ2) is 7.44. The molecule has 0 aromatic heterocycles. The van der Waals surface area contributed by atoms with Crippen LogP contribution in [0.2, 0.25) is 0 Å². The third-order valence-electron chi connectivity index (χ3n) is 6.01. The van der Waals surface area contributed by atoms with E-state index in [4.69, 9.17) is 5.73 Å². The first-order valence-electron chi connectivity index (χ1n) is 9.77. The first-order chi connectivity index (χ1) is 13.5. The van der Waals surface area contributed by atoms with Gasteiger partial charge in [0.15, 0.2) is 0 Å². The second-order valence-electron chi connectivity index (χ2n) is 7.77. The van der Waals surface area contributed by atoms with Crippen LogP contribution in [0.5, 0.6) is 0 Å². The van der Waals surface area contributed by atoms with Gasteiger partial charge in [0.25, 0.3) is 11.8 Å². The molecule has 2 unspecified atom stereocenters. The molecule has 4 N–H and O–H groups in total. The van der Waals surface area contributed by atoms with E-state index >= 15 is 0 Å². The lowest BCUT2D eigenvalue weighted by molar-refractivity contribution is -0.136. The number of benzene rings is 1. The lowest BCUT2D eigenvalue weighted by Gasteiger charge is -2.31. The predicted molar refractivity (Wildman–Crippen MR) is 100 cm³/mol. The van der Waals surface area contributed by atoms with Crippen LogP contribution in [0.1, 0.15) is 58.4 Å². The highest BCUT2D eigenvalue weighted by atomic mass is 16.2. The Labute approximate surface area is 162 Å². The molecule has 0 bridgehead atoms. The molecular formula is C20H24N4O4. The van der Waals surface area contributed by atoms with E-state index in [1.165, 1.54) is 6.42 Å². The van der Waals surface area contributed by atoms with Crippen LogP contribution in [0.3, 0.4) is 0 Å². The summed E-state index contributed by atoms with van der Waals surface area (Å²) in [6.45, 7) is 1.07. The van der Waals surface area contributed by atoms with Gasteiger partial charge in [0.05, 0.1) is 11.1 Å². The fraction of sp³-hybridized carbons (Fsp3) is 0.500. The summed E-state index contributed by atoms with van der Waals surface area (Å²) < 4.78 is 0. The lowest BCUT2D eigenvalue weighted by atomic mass is 9.80. The Morgan fingerprint density at radius 1 is 1.14 bits per heavy atom. The van der Waals surface area contributed by atoms with Gasteiger partial charge in [0.2, 0.25) is 11.8 Å². The predicted octanol–water partition coefficient (Wildman–Crippen LogP) is 0.305. The average molecular weight is 384 g/mol. The van der Waals surface area contributed by atoms with Gasteiger partial charge in [-0.2, -0.15) is 0 Å². The lowest BCUT2D eigenvalue weighted by Crippen LogP contribution is -2.54. The molecule has 2 aliphatic heterocycles. The van der Waals surface area contributed by atoms with E-state index in [2.05, 4.69) is 10.6 Å². The van der Waals surface area contributed by atoms with Gasteiger partial charge < -0.3 is 11.1 Å². The maximum atomic E-state index is 13.0. The fourth-order valence-electron chi connectivity index (χ4n) is 4.14. The van der Waals surface area contributed by atoms with Crippen LogP contribution in [0.15, 0.2) is 18.2 Å². The zero-order valence-electron chi connectivity index (χ0n) is 15.6. The quantitative estimate of drug-likeness (QED) is 0.607. The molecule has 8 nitrogen and oxygen atoms in total. The van der Waals surface area contributed by atoms with Crippen molar-refractivity contribution < 1.29 is 19.2 Å². The van der Waals surface area contributed by atoms with E-state index in [1.54, 1.807) is 18.2 Å². The molecule has 8 heteroatoms. The van der Waals surface area contributed by atoms with Crippen molar-refractivity contribution in [2.75, 3.05) is 6.54 Å². The van der Waals surface area contributed by atoms with Crippen LogP contribution < -0.4 is 16.4 Å². The number of fused-ring (bicyclic) bond motifs is 1. The molecule has 148 valence electrons. The number of carbonyl (C=O) groups excluding carboxylic acids is 4. The zero-order chi connectivity index (χ0) is 19.8. The minimum absolute atomic E-state index is 0.0859. The third-order valence-corrected chi connectivity index (χ3v) is 6.01. The van der Waals surface area contributed by atoms with Crippen molar-refractivity contribution >= 4 is 23.6 Å². The van der Waals surface area contributed by atoms with Crippen LogP contribution >= 0.6 is 0 Å². The normalized spacial score (nSPS) is 23.5. The molecule has 2 fully saturated rings. The van der Waals surface area contributed by atoms with Crippen LogP contribution in [0.4, 0.5) is 0 Å². The number of amides is 4. The summed E-state index contributed by atoms with van der Waals surface area (Å²) >= 11 is 0. The van der Waals surface area contributed by atoms with Crippen molar-refractivity contribution in [1.82, 2.24) is 15.5 Å². The van der Waals surface area contributed by atoms with E-state index in [0.29, 0.717) is 35.7 Å². The Balaban J connectivity index is 1.49. The highest BCUT2D eigenvalue weighted by Crippen LogP contribution is 2.30. The second-order valence-corrected chi connectivity index (χ2v) is 7.77. The number of nitrogens with two attached hydrogens (primary N) is 1. The monoisotopic (exact) mass is 384 g/mol. The summed E-state index contributed by atoms with van der Waals surface area (Å²) in [4.78, 5) is 50.3. The van der Waals surface area contributed by atoms with Crippen molar-refractivity contribution in [3.8, 4) is 0 Å². The first kappa shape index (κ1) is 18.8. The number of hydrogen-bond acceptors (Lipinski definition) is 6. The van der Waals surface area contributed by atoms with Crippen LogP contribution in [0, 0.1) is 5.92 Å². The average Bonchev–Trinajstić information content (AvgIpc) is 2.86. The van der Waals surface area contributed by atoms with Gasteiger partial charge in [-0.05, 0) is 36.8 Å². The largest absolute Gasteiger partial charge is 0.326 e. The number of hydrogen-bond donors (Lipinski definition) is 3. The molecule has 28 heavy (non-hydrogen) atoms. The van der Waals surface area contributed by atoms with Gasteiger partial charge in [-0.1, -0.05) is 18.6 Å². The van der Waals surface area contributed by atoms with Gasteiger partial charge in [-0.3, -0.25) is 29.4 Å². The summed E-state index contributed by atoms with van der Waals surface area (Å²) in [5.41, 5.74) is 7.54. The number of carbonyl (C=O) groups is 4. The number of rotatable bonds is 6. The van der Waals surface area contributed by atoms with Crippen LogP contribution in [-0.2, 0) is 16.1 Å². The van der Waals surface area contributed by atoms with Gasteiger partial charge in [-0.25, -0.2) is 0 Å². The van der Waals surface area contributed by atoms with Crippen molar-refractivity contribution in [2.45, 2.75) is 50.7 Å². The number of imide groups is 2. The summed E-state index contributed by atoms with van der Waals surface area (Å²) in [6.07, 6.45) is 3.82. The SMILES string of the molecule is NC(CNCc1cccc2c1C(=O)N(C1CCC(=O)NC1=O)C2=O)C1CCC1. The summed E-state index contributed by atoms with van der Waals surface area (Å²) in [5.74, 6) is -1.39. The zero-order valence-corrected chi connectivity index (χ0v) is 15.6. The van der Waals surface area contributed by atoms with E-state index < -0.39 is 23.8 Å². The Kier molecular flexibility index (Phi) is 4.99. The molecule has 1 aromatic rings. The molecule has 4 rings (SSSR count). The van der Waals surface area contributed by atoms with Crippen molar-refractivity contribution in [1.29, 1.82) is 0 Å². The molecule has 3 aliphatic rings. The minimum atomic E-state index is -0.946. The Morgan fingerprint density at radius 2 is 1.93 bits per heavy atom. The Bertz CT molecular complexity index is 849. The summed E-state index contributed by atoms with van der Waals surface area (Å²) in [6, 6.07) is 4.28. The fourth-order valence-corrected chi connectivity index (χ4v) is 4.14. The molecule has 2 heterocycles. The molecule has 4 amide bonds. The minimum Gasteiger partial charge on any atom is -0.326 e. The molecule has 0 spiro atoms. The Hall–Kier alpha value is -2.58. The van der Waals surface area contributed by atoms with Crippen LogP contribution in [-0.4, -0.2) is 47.2 Å². The molecular weight excluding hydrogens is 360 g/mol. The van der Waals surface area contributed by atoms with Crippen molar-refractivity contribution in [2.24, 2.45) is 11.7 Å². The molecule has 1 saturated heterocycles. The van der Waals surface area contributed by atoms with Crippen molar-refractivity contribution in [3.63, 3.8) is 0 Å². The molecule has 0 radical (unpaired) electrons. The smallest absolute Gasteiger partial charge is 0.262 e. The van der Waals surface area contributed by atoms with Gasteiger partial charge >= 0.3 is 0 Å². The highest BCUT2D eigenvalue weighted by Gasteiger charge is 2.45. The summed E-state index contributed by atoms with van der Waals surface area (Å²) in [7, 11) is 0. The topological polar surface area (TPSA) is 122 Å². The number of nitrogens with zero attached hydrogens (tertiary/aromatic N) is 1. The van der Waals surface area contributed by atoms with Gasteiger partial charge in [-0.15, -0.1) is 0 Å². The molecule has 1 aliphatic carbocycles. The number of piperidine rings is 1. The van der Waals surface area contributed by atoms with E-state index in [0.717, 1.165) is 17.7 Å². The van der Waals surface area contributed by atoms with Crippen molar-refractivity contribution in [3.05, 3.63) is 34.9 Å². The standard InChI is InChI=1S/C20H24N4O4/c21-14(11-3-1-4-11)10-22-9-12-5-2-6-13-17(12)20(28)24(19(13)27)15-7-8-16(25)23-18(15)26/h2,5-6,11,14-15,22H,1,3-4,7-10,21H2,(H,23,25,26). The van der Waals surface area contributed by atoms with E-state index in [-0.39, 0.29) is 24.8 Å². The first-order valence-corrected chi connectivity index (χ1v) is 9.77. The van der Waals surface area contributed by atoms with Gasteiger partial charge in [0, 0.05) is 25.6 Å². The number of nitrogens with one attached hydrogen (secondary N) is 2. The highest BCUT2D eigenvalue weighted by molar-refractivity contribution is 6.24.